The average molecular weight is 285 g/mol. The molecule has 20 heavy (non-hydrogen) atoms. The number of hydrogen-bond acceptors (Lipinski definition) is 5. The number of carboxylic acids is 1. The van der Waals surface area contributed by atoms with Crippen LogP contribution in [-0.2, 0) is 20.9 Å². The summed E-state index contributed by atoms with van der Waals surface area (Å²) in [6, 6.07) is 0.940. The second kappa shape index (κ2) is 7.24. The zero-order valence-corrected chi connectivity index (χ0v) is 10.8. The molecule has 9 nitrogen and oxygen atoms in total. The molecule has 1 rings (SSSR count). The predicted molar refractivity (Wildman–Crippen MR) is 67.4 cm³/mol. The maximum atomic E-state index is 11.7. The monoisotopic (exact) mass is 285 g/mol. The molecular formula is C11H15N3O6. The third kappa shape index (κ3) is 4.69. The molecule has 0 saturated heterocycles. The van der Waals surface area contributed by atoms with E-state index < -0.39 is 35.6 Å². The van der Waals surface area contributed by atoms with Gasteiger partial charge in [0.25, 0.3) is 11.1 Å². The molecule has 0 aromatic carbocycles. The van der Waals surface area contributed by atoms with Crippen LogP contribution in [0.1, 0.15) is 6.42 Å². The minimum absolute atomic E-state index is 0.0950. The number of amides is 1. The first-order valence-electron chi connectivity index (χ1n) is 5.75. The fourth-order valence-corrected chi connectivity index (χ4v) is 1.46. The van der Waals surface area contributed by atoms with Crippen LogP contribution < -0.4 is 16.4 Å². The van der Waals surface area contributed by atoms with Gasteiger partial charge in [-0.1, -0.05) is 0 Å². The molecule has 0 bridgehead atoms. The minimum Gasteiger partial charge on any atom is -0.480 e. The number of H-pyrrole nitrogens is 1. The lowest BCUT2D eigenvalue weighted by atomic mass is 10.2. The van der Waals surface area contributed by atoms with E-state index in [0.717, 1.165) is 16.8 Å². The molecule has 1 heterocycles. The summed E-state index contributed by atoms with van der Waals surface area (Å²) in [6.07, 6.45) is 0.0950. The van der Waals surface area contributed by atoms with E-state index in [2.05, 4.69) is 10.4 Å². The molecule has 110 valence electrons. The summed E-state index contributed by atoms with van der Waals surface area (Å²) in [6.45, 7) is -0.301. The Morgan fingerprint density at radius 1 is 1.45 bits per heavy atom. The van der Waals surface area contributed by atoms with E-state index in [1.54, 1.807) is 0 Å². The Morgan fingerprint density at radius 2 is 2.15 bits per heavy atom. The summed E-state index contributed by atoms with van der Waals surface area (Å²) in [5, 5.41) is 13.3. The maximum absolute atomic E-state index is 11.7. The molecule has 1 atom stereocenters. The number of ether oxygens (including phenoxy) is 1. The lowest BCUT2D eigenvalue weighted by molar-refractivity contribution is -0.142. The number of carbonyl (C=O) groups excluding carboxylic acids is 1. The van der Waals surface area contributed by atoms with Crippen molar-refractivity contribution in [2.75, 3.05) is 13.7 Å². The summed E-state index contributed by atoms with van der Waals surface area (Å²) in [5.41, 5.74) is -1.10. The largest absolute Gasteiger partial charge is 0.480 e. The van der Waals surface area contributed by atoms with Crippen LogP contribution in [0.5, 0.6) is 0 Å². The first-order chi connectivity index (χ1) is 9.43. The van der Waals surface area contributed by atoms with Crippen LogP contribution in [0.25, 0.3) is 0 Å². The number of carboxylic acid groups (broad SMARTS) is 1. The first-order valence-corrected chi connectivity index (χ1v) is 5.75. The van der Waals surface area contributed by atoms with Crippen molar-refractivity contribution in [3.8, 4) is 0 Å². The number of nitrogens with zero attached hydrogens (tertiary/aromatic N) is 1. The first kappa shape index (κ1) is 15.6. The van der Waals surface area contributed by atoms with Crippen molar-refractivity contribution < 1.29 is 19.4 Å². The second-order valence-corrected chi connectivity index (χ2v) is 3.97. The van der Waals surface area contributed by atoms with Gasteiger partial charge in [0.05, 0.1) is 0 Å². The summed E-state index contributed by atoms with van der Waals surface area (Å²) in [4.78, 5) is 45.0. The molecule has 0 saturated carbocycles. The van der Waals surface area contributed by atoms with Gasteiger partial charge in [0, 0.05) is 32.3 Å². The number of aromatic amines is 1. The highest BCUT2D eigenvalue weighted by molar-refractivity contribution is 5.83. The van der Waals surface area contributed by atoms with E-state index >= 15 is 0 Å². The molecule has 1 unspecified atom stereocenters. The van der Waals surface area contributed by atoms with Gasteiger partial charge in [-0.15, -0.1) is 0 Å². The Morgan fingerprint density at radius 3 is 2.75 bits per heavy atom. The number of methoxy groups -OCH3 is 1. The lowest BCUT2D eigenvalue weighted by Gasteiger charge is -2.14. The number of nitrogens with one attached hydrogen (secondary N) is 2. The van der Waals surface area contributed by atoms with Gasteiger partial charge in [-0.05, 0) is 0 Å². The third-order valence-corrected chi connectivity index (χ3v) is 2.43. The van der Waals surface area contributed by atoms with Gasteiger partial charge >= 0.3 is 5.97 Å². The van der Waals surface area contributed by atoms with Crippen LogP contribution in [0.3, 0.4) is 0 Å². The van der Waals surface area contributed by atoms with E-state index in [1.807, 2.05) is 0 Å². The standard InChI is InChI=1S/C11H15N3O6/c1-20-5-4-7(11(18)19)12-9(16)6-14-10(17)3-2-8(15)13-14/h2-3,7H,4-6H2,1H3,(H,12,16)(H,13,15)(H,18,19). The van der Waals surface area contributed by atoms with Crippen molar-refractivity contribution in [3.63, 3.8) is 0 Å². The van der Waals surface area contributed by atoms with E-state index in [1.165, 1.54) is 7.11 Å². The molecule has 1 aromatic heterocycles. The third-order valence-electron chi connectivity index (χ3n) is 2.43. The Bertz CT molecular complexity index is 590. The summed E-state index contributed by atoms with van der Waals surface area (Å²) >= 11 is 0. The van der Waals surface area contributed by atoms with Gasteiger partial charge in [-0.3, -0.25) is 19.5 Å². The van der Waals surface area contributed by atoms with Crippen LogP contribution in [0.4, 0.5) is 0 Å². The highest BCUT2D eigenvalue weighted by Gasteiger charge is 2.19. The average Bonchev–Trinajstić information content (AvgIpc) is 2.38. The van der Waals surface area contributed by atoms with Gasteiger partial charge in [0.15, 0.2) is 0 Å². The van der Waals surface area contributed by atoms with Crippen molar-refractivity contribution >= 4 is 11.9 Å². The molecule has 1 amide bonds. The summed E-state index contributed by atoms with van der Waals surface area (Å²) < 4.78 is 5.54. The van der Waals surface area contributed by atoms with E-state index in [9.17, 15) is 19.2 Å². The van der Waals surface area contributed by atoms with Crippen LogP contribution in [0.15, 0.2) is 21.7 Å². The predicted octanol–water partition coefficient (Wildman–Crippen LogP) is -1.86. The van der Waals surface area contributed by atoms with Crippen molar-refractivity contribution in [2.24, 2.45) is 0 Å². The molecule has 0 radical (unpaired) electrons. The highest BCUT2D eigenvalue weighted by atomic mass is 16.5. The Balaban J connectivity index is 2.70. The zero-order chi connectivity index (χ0) is 15.1. The minimum atomic E-state index is -1.20. The molecule has 0 aliphatic heterocycles. The summed E-state index contributed by atoms with van der Waals surface area (Å²) in [5.74, 6) is -1.90. The fourth-order valence-electron chi connectivity index (χ4n) is 1.46. The molecule has 0 aliphatic rings. The van der Waals surface area contributed by atoms with Crippen molar-refractivity contribution in [3.05, 3.63) is 32.8 Å². The molecule has 0 aliphatic carbocycles. The van der Waals surface area contributed by atoms with Gasteiger partial charge in [-0.25, -0.2) is 9.48 Å². The molecule has 0 fully saturated rings. The topological polar surface area (TPSA) is 130 Å². The zero-order valence-electron chi connectivity index (χ0n) is 10.8. The maximum Gasteiger partial charge on any atom is 0.326 e. The SMILES string of the molecule is COCCC(NC(=O)Cn1[nH]c(=O)ccc1=O)C(=O)O. The normalized spacial score (nSPS) is 11.8. The molecule has 3 N–H and O–H groups in total. The van der Waals surface area contributed by atoms with Crippen molar-refractivity contribution in [2.45, 2.75) is 19.0 Å². The van der Waals surface area contributed by atoms with E-state index in [4.69, 9.17) is 9.84 Å². The van der Waals surface area contributed by atoms with Crippen molar-refractivity contribution in [1.82, 2.24) is 15.1 Å². The van der Waals surface area contributed by atoms with Gasteiger partial charge < -0.3 is 15.2 Å². The number of rotatable bonds is 7. The molecule has 9 heteroatoms. The van der Waals surface area contributed by atoms with E-state index in [0.29, 0.717) is 0 Å². The van der Waals surface area contributed by atoms with Crippen LogP contribution >= 0.6 is 0 Å². The Kier molecular flexibility index (Phi) is 5.66. The van der Waals surface area contributed by atoms with Gasteiger partial charge in [0.2, 0.25) is 5.91 Å². The highest BCUT2D eigenvalue weighted by Crippen LogP contribution is 1.93. The fraction of sp³-hybridized carbons (Fsp3) is 0.455. The molecular weight excluding hydrogens is 270 g/mol. The smallest absolute Gasteiger partial charge is 0.326 e. The van der Waals surface area contributed by atoms with Gasteiger partial charge in [0.1, 0.15) is 12.6 Å². The van der Waals surface area contributed by atoms with Crippen LogP contribution in [0, 0.1) is 0 Å². The number of aromatic nitrogens is 2. The molecule has 0 spiro atoms. The number of aliphatic carboxylic acids is 1. The Labute approximate surface area is 113 Å². The number of hydrogen-bond donors (Lipinski definition) is 3. The van der Waals surface area contributed by atoms with Gasteiger partial charge in [-0.2, -0.15) is 0 Å². The van der Waals surface area contributed by atoms with Crippen molar-refractivity contribution in [1.29, 1.82) is 0 Å². The Hall–Kier alpha value is -2.42. The number of carbonyl (C=O) groups is 2. The lowest BCUT2D eigenvalue weighted by Crippen LogP contribution is -2.44. The second-order valence-electron chi connectivity index (χ2n) is 3.97. The van der Waals surface area contributed by atoms with E-state index in [-0.39, 0.29) is 13.0 Å². The summed E-state index contributed by atoms with van der Waals surface area (Å²) in [7, 11) is 1.41. The molecule has 1 aromatic rings. The quantitative estimate of drug-likeness (QED) is 0.538. The van der Waals surface area contributed by atoms with Crippen LogP contribution in [-0.4, -0.2) is 46.5 Å². The van der Waals surface area contributed by atoms with Crippen LogP contribution in [0.2, 0.25) is 0 Å².